The normalized spacial score (nSPS) is 10.5. The molecule has 1 N–H and O–H groups in total. The van der Waals surface area contributed by atoms with Gasteiger partial charge in [0.15, 0.2) is 0 Å². The van der Waals surface area contributed by atoms with E-state index in [4.69, 9.17) is 0 Å². The maximum atomic E-state index is 3.19. The van der Waals surface area contributed by atoms with Gasteiger partial charge in [-0.05, 0) is 18.6 Å². The molecule has 0 bridgehead atoms. The molecule has 1 heterocycles. The molecule has 0 saturated carbocycles. The van der Waals surface area contributed by atoms with E-state index < -0.39 is 0 Å². The van der Waals surface area contributed by atoms with Gasteiger partial charge in [-0.3, -0.25) is 0 Å². The second-order valence-corrected chi connectivity index (χ2v) is 2.52. The van der Waals surface area contributed by atoms with Crippen LogP contribution in [0.1, 0.15) is 6.99 Å². The van der Waals surface area contributed by atoms with Gasteiger partial charge in [-0.25, -0.2) is 0 Å². The van der Waals surface area contributed by atoms with E-state index >= 15 is 0 Å². The smallest absolute Gasteiger partial charge is 0.0456 e. The van der Waals surface area contributed by atoms with E-state index in [1.165, 1.54) is 16.5 Å². The zero-order valence-electron chi connectivity index (χ0n) is 5.89. The Morgan fingerprint density at radius 3 is 2.90 bits per heavy atom. The molecule has 0 radical (unpaired) electrons. The van der Waals surface area contributed by atoms with Crippen LogP contribution in [0.15, 0.2) is 30.5 Å². The highest BCUT2D eigenvalue weighted by molar-refractivity contribution is 5.82. The Hall–Kier alpha value is -1.24. The molecule has 0 aliphatic rings. The highest BCUT2D eigenvalue weighted by atomic mass is 14.7. The Balaban J connectivity index is 0.000000605. The number of aromatic amines is 1. The molecule has 0 saturated heterocycles. The maximum Gasteiger partial charge on any atom is 0.0456 e. The lowest BCUT2D eigenvalue weighted by Gasteiger charge is -1.86. The number of fused-ring (bicyclic) bond motifs is 1. The Bertz CT molecular complexity index is 351. The fraction of sp³-hybridized carbons (Fsp3) is 0.111. The molecule has 0 amide bonds. The van der Waals surface area contributed by atoms with Crippen molar-refractivity contribution in [3.05, 3.63) is 36.0 Å². The molecule has 2 aromatic rings. The van der Waals surface area contributed by atoms with Crippen LogP contribution < -0.4 is 0 Å². The van der Waals surface area contributed by atoms with Crippen molar-refractivity contribution in [1.82, 2.24) is 4.98 Å². The van der Waals surface area contributed by atoms with Crippen molar-refractivity contribution in [1.29, 1.82) is 0 Å². The van der Waals surface area contributed by atoms with Gasteiger partial charge in [0.05, 0.1) is 0 Å². The third kappa shape index (κ3) is 0.637. The van der Waals surface area contributed by atoms with E-state index in [0.29, 0.717) is 0 Å². The van der Waals surface area contributed by atoms with Crippen LogP contribution >= 0.6 is 0 Å². The average molecular weight is 133 g/mol. The lowest BCUT2D eigenvalue weighted by atomic mass is 10.2. The topological polar surface area (TPSA) is 15.8 Å². The number of aryl methyl sites for hydroxylation is 1. The molecule has 52 valence electrons. The second-order valence-electron chi connectivity index (χ2n) is 2.52. The van der Waals surface area contributed by atoms with E-state index in [-0.39, 0.29) is 1.43 Å². The first-order valence-corrected chi connectivity index (χ1v) is 3.40. The lowest BCUT2D eigenvalue weighted by molar-refractivity contribution is 1.43. The molecule has 2 rings (SSSR count). The van der Waals surface area contributed by atoms with Crippen LogP contribution in [0.2, 0.25) is 0 Å². The molecule has 1 nitrogen and oxygen atoms in total. The van der Waals surface area contributed by atoms with Crippen molar-refractivity contribution in [2.75, 3.05) is 0 Å². The summed E-state index contributed by atoms with van der Waals surface area (Å²) in [5, 5.41) is 1.32. The highest BCUT2D eigenvalue weighted by Crippen LogP contribution is 2.15. The van der Waals surface area contributed by atoms with Crippen LogP contribution in [0.25, 0.3) is 10.9 Å². The van der Waals surface area contributed by atoms with Gasteiger partial charge in [0.25, 0.3) is 0 Å². The third-order valence-corrected chi connectivity index (χ3v) is 1.80. The molecule has 1 aromatic carbocycles. The summed E-state index contributed by atoms with van der Waals surface area (Å²) >= 11 is 0. The fourth-order valence-electron chi connectivity index (χ4n) is 1.22. The van der Waals surface area contributed by atoms with Crippen molar-refractivity contribution in [2.45, 2.75) is 6.92 Å². The van der Waals surface area contributed by atoms with Crippen LogP contribution in [0, 0.1) is 6.92 Å². The van der Waals surface area contributed by atoms with Gasteiger partial charge in [0.1, 0.15) is 0 Å². The summed E-state index contributed by atoms with van der Waals surface area (Å²) in [6, 6.07) is 8.31. The molecule has 1 heteroatoms. The van der Waals surface area contributed by atoms with E-state index in [1.54, 1.807) is 0 Å². The van der Waals surface area contributed by atoms with Crippen LogP contribution in [0.4, 0.5) is 0 Å². The first kappa shape index (κ1) is 5.54. The minimum atomic E-state index is 0. The quantitative estimate of drug-likeness (QED) is 0.568. The molecule has 0 unspecified atom stereocenters. The second kappa shape index (κ2) is 1.87. The highest BCUT2D eigenvalue weighted by Gasteiger charge is 1.94. The number of para-hydroxylation sites is 1. The van der Waals surface area contributed by atoms with Gasteiger partial charge >= 0.3 is 0 Å². The Labute approximate surface area is 61.2 Å². The monoisotopic (exact) mass is 133 g/mol. The standard InChI is InChI=1S/C9H9N.H2/c1-7-6-10-9-5-3-2-4-8(7)9;/h2-6,10H,1H3;1H. The van der Waals surface area contributed by atoms with Gasteiger partial charge in [0.2, 0.25) is 0 Å². The Kier molecular flexibility index (Phi) is 1.04. The first-order valence-electron chi connectivity index (χ1n) is 3.40. The van der Waals surface area contributed by atoms with Crippen molar-refractivity contribution in [3.63, 3.8) is 0 Å². The molecular weight excluding hydrogens is 122 g/mol. The first-order chi connectivity index (χ1) is 4.88. The van der Waals surface area contributed by atoms with Crippen LogP contribution in [-0.4, -0.2) is 4.98 Å². The molecule has 10 heavy (non-hydrogen) atoms. The van der Waals surface area contributed by atoms with Gasteiger partial charge in [-0.1, -0.05) is 18.2 Å². The Morgan fingerprint density at radius 1 is 1.30 bits per heavy atom. The SMILES string of the molecule is Cc1c[nH]c2ccccc12.[HH]. The molecule has 0 atom stereocenters. The summed E-state index contributed by atoms with van der Waals surface area (Å²) in [4.78, 5) is 3.19. The number of hydrogen-bond acceptors (Lipinski definition) is 0. The minimum Gasteiger partial charge on any atom is -0.361 e. The van der Waals surface area contributed by atoms with Gasteiger partial charge < -0.3 is 4.98 Å². The van der Waals surface area contributed by atoms with Crippen LogP contribution in [0.5, 0.6) is 0 Å². The predicted octanol–water partition coefficient (Wildman–Crippen LogP) is 2.72. The zero-order chi connectivity index (χ0) is 6.97. The predicted molar refractivity (Wildman–Crippen MR) is 45.1 cm³/mol. The number of hydrogen-bond donors (Lipinski definition) is 1. The molecule has 0 spiro atoms. The van der Waals surface area contributed by atoms with Crippen molar-refractivity contribution < 1.29 is 1.43 Å². The van der Waals surface area contributed by atoms with E-state index in [2.05, 4.69) is 30.1 Å². The summed E-state index contributed by atoms with van der Waals surface area (Å²) in [5.41, 5.74) is 2.54. The van der Waals surface area contributed by atoms with Crippen molar-refractivity contribution in [3.8, 4) is 0 Å². The number of rotatable bonds is 0. The number of H-pyrrole nitrogens is 1. The molecular formula is C9H11N. The van der Waals surface area contributed by atoms with Crippen molar-refractivity contribution in [2.24, 2.45) is 0 Å². The lowest BCUT2D eigenvalue weighted by Crippen LogP contribution is -1.64. The van der Waals surface area contributed by atoms with Gasteiger partial charge in [-0.15, -0.1) is 0 Å². The molecule has 0 fully saturated rings. The molecule has 0 aliphatic heterocycles. The maximum absolute atomic E-state index is 3.19. The van der Waals surface area contributed by atoms with E-state index in [1.807, 2.05) is 12.3 Å². The summed E-state index contributed by atoms with van der Waals surface area (Å²) in [6.45, 7) is 2.11. The van der Waals surface area contributed by atoms with Crippen LogP contribution in [-0.2, 0) is 0 Å². The zero-order valence-corrected chi connectivity index (χ0v) is 5.89. The molecule has 1 aromatic heterocycles. The number of benzene rings is 1. The fourth-order valence-corrected chi connectivity index (χ4v) is 1.22. The summed E-state index contributed by atoms with van der Waals surface area (Å²) in [7, 11) is 0. The minimum absolute atomic E-state index is 0. The van der Waals surface area contributed by atoms with Gasteiger partial charge in [-0.2, -0.15) is 0 Å². The van der Waals surface area contributed by atoms with Crippen molar-refractivity contribution >= 4 is 10.9 Å². The third-order valence-electron chi connectivity index (χ3n) is 1.80. The van der Waals surface area contributed by atoms with Gasteiger partial charge in [0, 0.05) is 18.5 Å². The number of nitrogens with one attached hydrogen (secondary N) is 1. The van der Waals surface area contributed by atoms with Crippen LogP contribution in [0.3, 0.4) is 0 Å². The summed E-state index contributed by atoms with van der Waals surface area (Å²) in [5.74, 6) is 0. The summed E-state index contributed by atoms with van der Waals surface area (Å²) < 4.78 is 0. The van der Waals surface area contributed by atoms with E-state index in [9.17, 15) is 0 Å². The average Bonchev–Trinajstić information content (AvgIpc) is 2.34. The number of aromatic nitrogens is 1. The van der Waals surface area contributed by atoms with E-state index in [0.717, 1.165) is 0 Å². The Morgan fingerprint density at radius 2 is 2.10 bits per heavy atom. The largest absolute Gasteiger partial charge is 0.361 e. The molecule has 0 aliphatic carbocycles. The summed E-state index contributed by atoms with van der Waals surface area (Å²) in [6.07, 6.45) is 2.03.